The molecule has 0 aliphatic carbocycles. The van der Waals surface area contributed by atoms with E-state index < -0.39 is 0 Å². The van der Waals surface area contributed by atoms with E-state index in [0.29, 0.717) is 0 Å². The van der Waals surface area contributed by atoms with Crippen molar-refractivity contribution in [1.29, 1.82) is 0 Å². The van der Waals surface area contributed by atoms with E-state index in [4.69, 9.17) is 11.6 Å². The molecule has 0 aromatic carbocycles. The summed E-state index contributed by atoms with van der Waals surface area (Å²) in [6, 6.07) is 1.81. The highest BCUT2D eigenvalue weighted by Crippen LogP contribution is 2.25. The number of halogens is 1. The van der Waals surface area contributed by atoms with Gasteiger partial charge in [0.2, 0.25) is 5.28 Å². The van der Waals surface area contributed by atoms with Crippen molar-refractivity contribution in [3.05, 3.63) is 29.9 Å². The van der Waals surface area contributed by atoms with Gasteiger partial charge < -0.3 is 0 Å². The lowest BCUT2D eigenvalue weighted by atomic mass is 10.7. The first-order valence-electron chi connectivity index (χ1n) is 3.89. The monoisotopic (exact) mass is 226 g/mol. The minimum absolute atomic E-state index is 0.263. The van der Waals surface area contributed by atoms with E-state index in [1.807, 2.05) is 19.3 Å². The van der Waals surface area contributed by atoms with Gasteiger partial charge in [-0.2, -0.15) is 5.10 Å². The lowest BCUT2D eigenvalue weighted by molar-refractivity contribution is 0.766. The molecule has 72 valence electrons. The number of hydrogen-bond acceptors (Lipinski definition) is 4. The zero-order valence-corrected chi connectivity index (χ0v) is 8.96. The molecule has 0 atom stereocenters. The summed E-state index contributed by atoms with van der Waals surface area (Å²) in [5.41, 5.74) is 0. The highest BCUT2D eigenvalue weighted by molar-refractivity contribution is 7.99. The van der Waals surface area contributed by atoms with Crippen LogP contribution in [0.25, 0.3) is 0 Å². The van der Waals surface area contributed by atoms with Crippen LogP contribution in [-0.4, -0.2) is 19.7 Å². The summed E-state index contributed by atoms with van der Waals surface area (Å²) < 4.78 is 1.74. The average Bonchev–Trinajstić information content (AvgIpc) is 2.51. The highest BCUT2D eigenvalue weighted by Gasteiger charge is 2.01. The molecule has 0 fully saturated rings. The van der Waals surface area contributed by atoms with Gasteiger partial charge in [0.15, 0.2) is 0 Å². The fourth-order valence-corrected chi connectivity index (χ4v) is 1.95. The van der Waals surface area contributed by atoms with Crippen LogP contribution in [-0.2, 0) is 7.05 Å². The molecule has 0 saturated heterocycles. The lowest BCUT2D eigenvalue weighted by Crippen LogP contribution is -1.84. The van der Waals surface area contributed by atoms with E-state index in [0.717, 1.165) is 9.92 Å². The van der Waals surface area contributed by atoms with Crippen LogP contribution in [0.15, 0.2) is 34.6 Å². The fourth-order valence-electron chi connectivity index (χ4n) is 0.949. The molecule has 2 rings (SSSR count). The second kappa shape index (κ2) is 3.98. The predicted octanol–water partition coefficient (Wildman–Crippen LogP) is 2.01. The molecule has 0 aliphatic rings. The summed E-state index contributed by atoms with van der Waals surface area (Å²) in [4.78, 5) is 8.89. The van der Waals surface area contributed by atoms with Crippen LogP contribution in [0, 0.1) is 0 Å². The number of aryl methyl sites for hydroxylation is 1. The minimum atomic E-state index is 0.263. The summed E-state index contributed by atoms with van der Waals surface area (Å²) in [5, 5.41) is 5.14. The average molecular weight is 227 g/mol. The molecule has 0 aliphatic heterocycles. The third-order valence-electron chi connectivity index (χ3n) is 1.50. The molecular weight excluding hydrogens is 220 g/mol. The fraction of sp³-hybridized carbons (Fsp3) is 0.125. The Hall–Kier alpha value is -1.07. The molecule has 0 amide bonds. The van der Waals surface area contributed by atoms with Gasteiger partial charge in [0.25, 0.3) is 0 Å². The molecule has 0 saturated carbocycles. The van der Waals surface area contributed by atoms with Crippen molar-refractivity contribution >= 4 is 23.4 Å². The molecule has 6 heteroatoms. The molecule has 2 heterocycles. The number of rotatable bonds is 2. The van der Waals surface area contributed by atoms with Crippen LogP contribution in [0.4, 0.5) is 0 Å². The number of aromatic nitrogens is 4. The Labute approximate surface area is 90.3 Å². The Kier molecular flexibility index (Phi) is 2.69. The third kappa shape index (κ3) is 2.24. The summed E-state index contributed by atoms with van der Waals surface area (Å²) in [6.45, 7) is 0. The van der Waals surface area contributed by atoms with Gasteiger partial charge in [-0.15, -0.1) is 0 Å². The Morgan fingerprint density at radius 1 is 1.50 bits per heavy atom. The van der Waals surface area contributed by atoms with Gasteiger partial charge in [-0.1, -0.05) is 11.8 Å². The molecule has 0 N–H and O–H groups in total. The Morgan fingerprint density at radius 2 is 2.36 bits per heavy atom. The van der Waals surface area contributed by atoms with Crippen LogP contribution in [0.2, 0.25) is 5.28 Å². The van der Waals surface area contributed by atoms with Crippen molar-refractivity contribution in [3.63, 3.8) is 0 Å². The maximum Gasteiger partial charge on any atom is 0.223 e. The van der Waals surface area contributed by atoms with Crippen LogP contribution in [0.3, 0.4) is 0 Å². The molecule has 0 unspecified atom stereocenters. The maximum absolute atomic E-state index is 5.66. The number of nitrogens with zero attached hydrogens (tertiary/aromatic N) is 4. The van der Waals surface area contributed by atoms with Crippen molar-refractivity contribution in [2.75, 3.05) is 0 Å². The largest absolute Gasteiger partial charge is 0.275 e. The van der Waals surface area contributed by atoms with Crippen molar-refractivity contribution in [2.24, 2.45) is 7.05 Å². The van der Waals surface area contributed by atoms with Crippen molar-refractivity contribution in [1.82, 2.24) is 19.7 Å². The zero-order chi connectivity index (χ0) is 9.97. The Balaban J connectivity index is 2.18. The topological polar surface area (TPSA) is 43.6 Å². The van der Waals surface area contributed by atoms with E-state index in [1.165, 1.54) is 11.8 Å². The van der Waals surface area contributed by atoms with Gasteiger partial charge in [-0.3, -0.25) is 4.68 Å². The van der Waals surface area contributed by atoms with Crippen LogP contribution in [0.5, 0.6) is 0 Å². The van der Waals surface area contributed by atoms with E-state index >= 15 is 0 Å². The summed E-state index contributed by atoms with van der Waals surface area (Å²) in [7, 11) is 1.87. The summed E-state index contributed by atoms with van der Waals surface area (Å²) in [5.74, 6) is 0. The van der Waals surface area contributed by atoms with Gasteiger partial charge in [-0.05, 0) is 17.7 Å². The summed E-state index contributed by atoms with van der Waals surface area (Å²) in [6.07, 6.45) is 5.33. The molecule has 4 nitrogen and oxygen atoms in total. The Morgan fingerprint density at radius 3 is 3.00 bits per heavy atom. The molecule has 0 bridgehead atoms. The van der Waals surface area contributed by atoms with Gasteiger partial charge >= 0.3 is 0 Å². The second-order valence-corrected chi connectivity index (χ2v) is 4.05. The molecule has 14 heavy (non-hydrogen) atoms. The molecule has 0 spiro atoms. The van der Waals surface area contributed by atoms with Crippen LogP contribution >= 0.6 is 23.4 Å². The predicted molar refractivity (Wildman–Crippen MR) is 54.4 cm³/mol. The second-order valence-electron chi connectivity index (χ2n) is 2.62. The van der Waals surface area contributed by atoms with Crippen molar-refractivity contribution < 1.29 is 0 Å². The first-order valence-corrected chi connectivity index (χ1v) is 5.08. The standard InChI is InChI=1S/C8H7ClN4S/c1-13-5-6(4-11-13)14-7-2-3-10-8(9)12-7/h2-5H,1H3. The molecule has 2 aromatic rings. The highest BCUT2D eigenvalue weighted by atomic mass is 35.5. The molecule has 2 aromatic heterocycles. The van der Waals surface area contributed by atoms with E-state index in [-0.39, 0.29) is 5.28 Å². The van der Waals surface area contributed by atoms with Crippen LogP contribution in [0.1, 0.15) is 0 Å². The van der Waals surface area contributed by atoms with E-state index in [2.05, 4.69) is 15.1 Å². The van der Waals surface area contributed by atoms with Gasteiger partial charge in [-0.25, -0.2) is 9.97 Å². The van der Waals surface area contributed by atoms with Gasteiger partial charge in [0.1, 0.15) is 5.03 Å². The normalized spacial score (nSPS) is 10.4. The first kappa shape index (κ1) is 9.48. The maximum atomic E-state index is 5.66. The summed E-state index contributed by atoms with van der Waals surface area (Å²) >= 11 is 7.16. The Bertz CT molecular complexity index is 442. The quantitative estimate of drug-likeness (QED) is 0.581. The smallest absolute Gasteiger partial charge is 0.223 e. The first-order chi connectivity index (χ1) is 6.74. The molecular formula is C8H7ClN4S. The van der Waals surface area contributed by atoms with E-state index in [1.54, 1.807) is 17.1 Å². The van der Waals surface area contributed by atoms with E-state index in [9.17, 15) is 0 Å². The zero-order valence-electron chi connectivity index (χ0n) is 7.38. The van der Waals surface area contributed by atoms with Gasteiger partial charge in [0.05, 0.1) is 11.1 Å². The minimum Gasteiger partial charge on any atom is -0.275 e. The molecule has 0 radical (unpaired) electrons. The number of hydrogen-bond donors (Lipinski definition) is 0. The SMILES string of the molecule is Cn1cc(Sc2ccnc(Cl)n2)cn1. The van der Waals surface area contributed by atoms with Crippen molar-refractivity contribution in [3.8, 4) is 0 Å². The third-order valence-corrected chi connectivity index (χ3v) is 2.57. The van der Waals surface area contributed by atoms with Crippen molar-refractivity contribution in [2.45, 2.75) is 9.92 Å². The van der Waals surface area contributed by atoms with Gasteiger partial charge in [0, 0.05) is 19.4 Å². The van der Waals surface area contributed by atoms with Crippen LogP contribution < -0.4 is 0 Å². The lowest BCUT2D eigenvalue weighted by Gasteiger charge is -1.96.